The van der Waals surface area contributed by atoms with E-state index < -0.39 is 0 Å². The summed E-state index contributed by atoms with van der Waals surface area (Å²) in [5.74, 6) is 0.639. The van der Waals surface area contributed by atoms with Crippen LogP contribution in [-0.4, -0.2) is 29.7 Å². The summed E-state index contributed by atoms with van der Waals surface area (Å²) in [4.78, 5) is 7.75. The molecule has 0 radical (unpaired) electrons. The molecule has 1 heterocycles. The molecule has 0 bridgehead atoms. The fourth-order valence-electron chi connectivity index (χ4n) is 0.766. The van der Waals surface area contributed by atoms with Crippen LogP contribution < -0.4 is 5.32 Å². The number of rotatable bonds is 4. The minimum atomic E-state index is 0.131. The van der Waals surface area contributed by atoms with Gasteiger partial charge < -0.3 is 10.1 Å². The average molecular weight is 202 g/mol. The molecule has 0 aliphatic rings. The van der Waals surface area contributed by atoms with Crippen LogP contribution in [0, 0.1) is 0 Å². The molecule has 1 unspecified atom stereocenters. The van der Waals surface area contributed by atoms with E-state index in [1.165, 1.54) is 6.33 Å². The minimum absolute atomic E-state index is 0.131. The predicted octanol–water partition coefficient (Wildman–Crippen LogP) is 1.58. The van der Waals surface area contributed by atoms with Crippen LogP contribution in [0.1, 0.15) is 6.92 Å². The smallest absolute Gasteiger partial charge is 0.148 e. The number of anilines is 1. The van der Waals surface area contributed by atoms with Gasteiger partial charge in [-0.1, -0.05) is 11.6 Å². The Balaban J connectivity index is 2.50. The number of hydrogen-bond donors (Lipinski definition) is 1. The van der Waals surface area contributed by atoms with Crippen molar-refractivity contribution in [3.05, 3.63) is 17.5 Å². The third-order valence-corrected chi connectivity index (χ3v) is 1.90. The summed E-state index contributed by atoms with van der Waals surface area (Å²) >= 11 is 5.82. The second kappa shape index (κ2) is 4.99. The summed E-state index contributed by atoms with van der Waals surface area (Å²) in [6, 6.07) is 0. The van der Waals surface area contributed by atoms with Crippen LogP contribution in [0.4, 0.5) is 5.82 Å². The summed E-state index contributed by atoms with van der Waals surface area (Å²) < 4.78 is 5.06. The number of ether oxygens (including phenoxy) is 1. The molecule has 5 heteroatoms. The first-order chi connectivity index (χ1) is 6.24. The van der Waals surface area contributed by atoms with Crippen molar-refractivity contribution in [2.45, 2.75) is 13.0 Å². The molecule has 72 valence electrons. The zero-order chi connectivity index (χ0) is 9.68. The lowest BCUT2D eigenvalue weighted by Gasteiger charge is -2.11. The number of nitrogens with zero attached hydrogens (tertiary/aromatic N) is 2. The molecule has 1 N–H and O–H groups in total. The van der Waals surface area contributed by atoms with Gasteiger partial charge in [0.05, 0.1) is 12.3 Å². The molecular formula is C8H12ClN3O. The van der Waals surface area contributed by atoms with E-state index in [2.05, 4.69) is 15.3 Å². The van der Waals surface area contributed by atoms with E-state index in [1.807, 2.05) is 6.92 Å². The zero-order valence-corrected chi connectivity index (χ0v) is 8.38. The molecule has 0 saturated heterocycles. The Morgan fingerprint density at radius 1 is 1.69 bits per heavy atom. The van der Waals surface area contributed by atoms with Crippen molar-refractivity contribution in [3.8, 4) is 0 Å². The highest BCUT2D eigenvalue weighted by atomic mass is 35.5. The molecule has 1 atom stereocenters. The predicted molar refractivity (Wildman–Crippen MR) is 52.0 cm³/mol. The van der Waals surface area contributed by atoms with Crippen molar-refractivity contribution < 1.29 is 4.74 Å². The Morgan fingerprint density at radius 2 is 2.46 bits per heavy atom. The zero-order valence-electron chi connectivity index (χ0n) is 7.62. The Morgan fingerprint density at radius 3 is 3.08 bits per heavy atom. The monoisotopic (exact) mass is 201 g/mol. The molecule has 0 amide bonds. The highest BCUT2D eigenvalue weighted by Gasteiger charge is 2.02. The standard InChI is InChI=1S/C8H12ClN3O/c1-6(13-2)3-11-8-7(9)4-10-5-12-8/h4-6H,3H2,1-2H3,(H,10,11,12). The van der Waals surface area contributed by atoms with Gasteiger partial charge in [0.1, 0.15) is 17.2 Å². The Kier molecular flexibility index (Phi) is 3.92. The molecule has 1 aromatic rings. The Bertz CT molecular complexity index is 269. The fourth-order valence-corrected chi connectivity index (χ4v) is 0.938. The van der Waals surface area contributed by atoms with E-state index in [9.17, 15) is 0 Å². The Labute approximate surface area is 82.3 Å². The van der Waals surface area contributed by atoms with Gasteiger partial charge in [0, 0.05) is 13.7 Å². The SMILES string of the molecule is COC(C)CNc1ncncc1Cl. The van der Waals surface area contributed by atoms with E-state index in [0.29, 0.717) is 17.4 Å². The normalized spacial score (nSPS) is 12.5. The molecule has 1 rings (SSSR count). The molecule has 0 aliphatic heterocycles. The first-order valence-corrected chi connectivity index (χ1v) is 4.34. The summed E-state index contributed by atoms with van der Waals surface area (Å²) in [5, 5.41) is 3.57. The van der Waals surface area contributed by atoms with E-state index in [1.54, 1.807) is 13.3 Å². The second-order valence-corrected chi connectivity index (χ2v) is 3.05. The van der Waals surface area contributed by atoms with Gasteiger partial charge in [-0.25, -0.2) is 9.97 Å². The highest BCUT2D eigenvalue weighted by molar-refractivity contribution is 6.32. The van der Waals surface area contributed by atoms with Crippen LogP contribution in [0.2, 0.25) is 5.02 Å². The van der Waals surface area contributed by atoms with Crippen molar-refractivity contribution in [1.29, 1.82) is 0 Å². The second-order valence-electron chi connectivity index (χ2n) is 2.65. The summed E-state index contributed by atoms with van der Waals surface area (Å²) in [6.45, 7) is 2.63. The molecule has 0 fully saturated rings. The van der Waals surface area contributed by atoms with Gasteiger partial charge >= 0.3 is 0 Å². The number of methoxy groups -OCH3 is 1. The van der Waals surface area contributed by atoms with Gasteiger partial charge in [-0.15, -0.1) is 0 Å². The third-order valence-electron chi connectivity index (χ3n) is 1.63. The minimum Gasteiger partial charge on any atom is -0.380 e. The quantitative estimate of drug-likeness (QED) is 0.804. The summed E-state index contributed by atoms with van der Waals surface area (Å²) in [6.07, 6.45) is 3.13. The molecule has 13 heavy (non-hydrogen) atoms. The van der Waals surface area contributed by atoms with Gasteiger partial charge in [-0.2, -0.15) is 0 Å². The van der Waals surface area contributed by atoms with Crippen molar-refractivity contribution in [1.82, 2.24) is 9.97 Å². The molecule has 0 aromatic carbocycles. The maximum atomic E-state index is 5.82. The highest BCUT2D eigenvalue weighted by Crippen LogP contribution is 2.15. The van der Waals surface area contributed by atoms with Crippen molar-refractivity contribution in [2.24, 2.45) is 0 Å². The van der Waals surface area contributed by atoms with Crippen LogP contribution in [-0.2, 0) is 4.74 Å². The van der Waals surface area contributed by atoms with E-state index >= 15 is 0 Å². The van der Waals surface area contributed by atoms with Gasteiger partial charge in [0.25, 0.3) is 0 Å². The van der Waals surface area contributed by atoms with Gasteiger partial charge in [-0.3, -0.25) is 0 Å². The first-order valence-electron chi connectivity index (χ1n) is 3.96. The Hall–Kier alpha value is -0.870. The summed E-state index contributed by atoms with van der Waals surface area (Å²) in [7, 11) is 1.66. The van der Waals surface area contributed by atoms with Gasteiger partial charge in [0.2, 0.25) is 0 Å². The van der Waals surface area contributed by atoms with E-state index in [0.717, 1.165) is 0 Å². The first kappa shape index (κ1) is 10.2. The van der Waals surface area contributed by atoms with Crippen LogP contribution >= 0.6 is 11.6 Å². The number of aromatic nitrogens is 2. The van der Waals surface area contributed by atoms with Crippen molar-refractivity contribution in [2.75, 3.05) is 19.0 Å². The average Bonchev–Trinajstić information content (AvgIpc) is 2.16. The maximum absolute atomic E-state index is 5.82. The van der Waals surface area contributed by atoms with E-state index in [-0.39, 0.29) is 6.10 Å². The molecule has 0 saturated carbocycles. The molecule has 4 nitrogen and oxygen atoms in total. The fraction of sp³-hybridized carbons (Fsp3) is 0.500. The van der Waals surface area contributed by atoms with Crippen LogP contribution in [0.5, 0.6) is 0 Å². The third kappa shape index (κ3) is 3.16. The number of nitrogens with one attached hydrogen (secondary N) is 1. The number of hydrogen-bond acceptors (Lipinski definition) is 4. The largest absolute Gasteiger partial charge is 0.380 e. The molecule has 1 aromatic heterocycles. The lowest BCUT2D eigenvalue weighted by molar-refractivity contribution is 0.128. The molecular weight excluding hydrogens is 190 g/mol. The van der Waals surface area contributed by atoms with Crippen LogP contribution in [0.15, 0.2) is 12.5 Å². The topological polar surface area (TPSA) is 47.0 Å². The van der Waals surface area contributed by atoms with Crippen molar-refractivity contribution in [3.63, 3.8) is 0 Å². The molecule has 0 spiro atoms. The lowest BCUT2D eigenvalue weighted by atomic mass is 10.4. The van der Waals surface area contributed by atoms with Gasteiger partial charge in [-0.05, 0) is 6.92 Å². The molecule has 0 aliphatic carbocycles. The van der Waals surface area contributed by atoms with Crippen molar-refractivity contribution >= 4 is 17.4 Å². The summed E-state index contributed by atoms with van der Waals surface area (Å²) in [5.41, 5.74) is 0. The van der Waals surface area contributed by atoms with Gasteiger partial charge in [0.15, 0.2) is 0 Å². The van der Waals surface area contributed by atoms with Crippen LogP contribution in [0.25, 0.3) is 0 Å². The lowest BCUT2D eigenvalue weighted by Crippen LogP contribution is -2.18. The number of halogens is 1. The maximum Gasteiger partial charge on any atom is 0.148 e. The van der Waals surface area contributed by atoms with Crippen LogP contribution in [0.3, 0.4) is 0 Å². The van der Waals surface area contributed by atoms with E-state index in [4.69, 9.17) is 16.3 Å².